The number of carbonyl (C=O) groups is 2. The van der Waals surface area contributed by atoms with Gasteiger partial charge in [0.1, 0.15) is 5.82 Å². The van der Waals surface area contributed by atoms with Crippen LogP contribution in [0.15, 0.2) is 30.5 Å². The van der Waals surface area contributed by atoms with Crippen LogP contribution in [0.1, 0.15) is 92.8 Å². The van der Waals surface area contributed by atoms with Gasteiger partial charge in [-0.2, -0.15) is 0 Å². The molecule has 9 nitrogen and oxygen atoms in total. The number of methoxy groups -OCH3 is 1. The molecule has 2 aliphatic rings. The van der Waals surface area contributed by atoms with E-state index in [2.05, 4.69) is 15.4 Å². The minimum atomic E-state index is -0.654. The highest BCUT2D eigenvalue weighted by atomic mass is 16.7. The van der Waals surface area contributed by atoms with Gasteiger partial charge in [-0.25, -0.2) is 20.2 Å². The number of rotatable bonds is 5. The van der Waals surface area contributed by atoms with E-state index in [1.54, 1.807) is 0 Å². The maximum atomic E-state index is 13.5. The molecule has 10 heteroatoms. The summed E-state index contributed by atoms with van der Waals surface area (Å²) in [7, 11) is 0.876. The van der Waals surface area contributed by atoms with E-state index in [9.17, 15) is 9.59 Å². The van der Waals surface area contributed by atoms with Crippen molar-refractivity contribution >= 4 is 24.6 Å². The number of amides is 2. The highest BCUT2D eigenvalue weighted by Gasteiger charge is 2.51. The van der Waals surface area contributed by atoms with Gasteiger partial charge >= 0.3 is 13.2 Å². The van der Waals surface area contributed by atoms with Crippen LogP contribution in [-0.4, -0.2) is 58.4 Å². The maximum Gasteiger partial charge on any atom is 0.494 e. The minimum Gasteiger partial charge on any atom is -0.452 e. The van der Waals surface area contributed by atoms with Crippen LogP contribution in [0, 0.1) is 5.92 Å². The van der Waals surface area contributed by atoms with E-state index >= 15 is 0 Å². The van der Waals surface area contributed by atoms with Crippen molar-refractivity contribution in [2.45, 2.75) is 104 Å². The van der Waals surface area contributed by atoms with Gasteiger partial charge in [0.2, 0.25) is 5.91 Å². The summed E-state index contributed by atoms with van der Waals surface area (Å²) in [4.78, 5) is 33.5. The third-order valence-electron chi connectivity index (χ3n) is 7.93. The number of imidazole rings is 1. The van der Waals surface area contributed by atoms with E-state index in [4.69, 9.17) is 14.0 Å². The molecule has 2 heterocycles. The first-order chi connectivity index (χ1) is 18.4. The topological polar surface area (TPSA) is 106 Å². The molecule has 1 saturated heterocycles. The number of ether oxygens (including phenoxy) is 1. The first-order valence-electron chi connectivity index (χ1n) is 14.1. The SMILES string of the molecule is CC.COC(=O)NN(C(=O)C1CCCCC1c1ncc(-c2ccc(B3OC(C)(C)C(C)(C)O3)cc2)[nH]1)C(C)C. The number of hydrazine groups is 1. The Kier molecular flexibility index (Phi) is 9.88. The van der Waals surface area contributed by atoms with E-state index in [1.807, 2.05) is 85.9 Å². The molecule has 1 aromatic carbocycles. The van der Waals surface area contributed by atoms with Crippen molar-refractivity contribution in [2.75, 3.05) is 7.11 Å². The van der Waals surface area contributed by atoms with Gasteiger partial charge in [0.25, 0.3) is 0 Å². The van der Waals surface area contributed by atoms with Crippen molar-refractivity contribution in [1.29, 1.82) is 0 Å². The molecular weight excluding hydrogens is 495 g/mol. The van der Waals surface area contributed by atoms with Crippen LogP contribution in [-0.2, 0) is 18.8 Å². The number of nitrogens with zero attached hydrogens (tertiary/aromatic N) is 2. The first kappa shape index (κ1) is 30.7. The van der Waals surface area contributed by atoms with Crippen LogP contribution in [0.5, 0.6) is 0 Å². The highest BCUT2D eigenvalue weighted by Crippen LogP contribution is 2.39. The summed E-state index contributed by atoms with van der Waals surface area (Å²) in [5.74, 6) is 0.345. The van der Waals surface area contributed by atoms with Crippen LogP contribution in [0.25, 0.3) is 11.3 Å². The van der Waals surface area contributed by atoms with Crippen LogP contribution >= 0.6 is 0 Å². The number of nitrogens with one attached hydrogen (secondary N) is 2. The molecule has 2 aromatic rings. The number of hydrogen-bond acceptors (Lipinski definition) is 6. The molecule has 1 saturated carbocycles. The minimum absolute atomic E-state index is 0.0558. The van der Waals surface area contributed by atoms with E-state index in [1.165, 1.54) is 12.1 Å². The Bertz CT molecular complexity index is 1100. The van der Waals surface area contributed by atoms with Crippen molar-refractivity contribution in [3.05, 3.63) is 36.3 Å². The molecule has 214 valence electrons. The third kappa shape index (κ3) is 6.66. The summed E-state index contributed by atoms with van der Waals surface area (Å²) in [5.41, 5.74) is 4.65. The number of benzene rings is 1. The van der Waals surface area contributed by atoms with Crippen molar-refractivity contribution in [2.24, 2.45) is 5.92 Å². The fraction of sp³-hybridized carbons (Fsp3) is 0.621. The molecule has 0 bridgehead atoms. The summed E-state index contributed by atoms with van der Waals surface area (Å²) in [6.45, 7) is 15.9. The van der Waals surface area contributed by atoms with Gasteiger partial charge in [-0.3, -0.25) is 4.79 Å². The average molecular weight is 541 g/mol. The van der Waals surface area contributed by atoms with E-state index in [0.29, 0.717) is 0 Å². The van der Waals surface area contributed by atoms with Crippen molar-refractivity contribution in [1.82, 2.24) is 20.4 Å². The fourth-order valence-electron chi connectivity index (χ4n) is 4.99. The molecule has 2 fully saturated rings. The molecule has 1 aliphatic heterocycles. The summed E-state index contributed by atoms with van der Waals surface area (Å²) in [6.07, 6.45) is 4.76. The van der Waals surface area contributed by atoms with Crippen LogP contribution in [0.3, 0.4) is 0 Å². The van der Waals surface area contributed by atoms with Gasteiger partial charge in [0, 0.05) is 17.9 Å². The lowest BCUT2D eigenvalue weighted by atomic mass is 9.78. The predicted octanol–water partition coefficient (Wildman–Crippen LogP) is 5.18. The number of aromatic nitrogens is 2. The highest BCUT2D eigenvalue weighted by molar-refractivity contribution is 6.62. The van der Waals surface area contributed by atoms with Crippen LogP contribution in [0.4, 0.5) is 4.79 Å². The molecule has 2 unspecified atom stereocenters. The first-order valence-corrected chi connectivity index (χ1v) is 14.1. The van der Waals surface area contributed by atoms with E-state index in [0.717, 1.165) is 48.2 Å². The zero-order chi connectivity index (χ0) is 29.0. The maximum absolute atomic E-state index is 13.5. The summed E-state index contributed by atoms with van der Waals surface area (Å²) in [6, 6.07) is 7.89. The normalized spacial score (nSPS) is 21.6. The molecule has 0 spiro atoms. The Morgan fingerprint density at radius 3 is 2.23 bits per heavy atom. The molecule has 39 heavy (non-hydrogen) atoms. The number of carbonyl (C=O) groups excluding carboxylic acids is 2. The van der Waals surface area contributed by atoms with Gasteiger partial charge in [-0.15, -0.1) is 0 Å². The lowest BCUT2D eigenvalue weighted by Gasteiger charge is -2.35. The lowest BCUT2D eigenvalue weighted by molar-refractivity contribution is -0.142. The summed E-state index contributed by atoms with van der Waals surface area (Å²) < 4.78 is 17.1. The summed E-state index contributed by atoms with van der Waals surface area (Å²) in [5, 5.41) is 1.38. The van der Waals surface area contributed by atoms with Gasteiger partial charge in [0.15, 0.2) is 0 Å². The second-order valence-electron chi connectivity index (χ2n) is 11.3. The van der Waals surface area contributed by atoms with Gasteiger partial charge in [-0.05, 0) is 65.4 Å². The van der Waals surface area contributed by atoms with Crippen molar-refractivity contribution in [3.8, 4) is 11.3 Å². The van der Waals surface area contributed by atoms with Gasteiger partial charge in [-0.1, -0.05) is 51.0 Å². The van der Waals surface area contributed by atoms with Crippen molar-refractivity contribution < 1.29 is 23.6 Å². The second-order valence-corrected chi connectivity index (χ2v) is 11.3. The number of hydrogen-bond donors (Lipinski definition) is 2. The van der Waals surface area contributed by atoms with E-state index in [-0.39, 0.29) is 35.0 Å². The Labute approximate surface area is 233 Å². The lowest BCUT2D eigenvalue weighted by Crippen LogP contribution is -2.53. The number of H-pyrrole nitrogens is 1. The molecule has 0 radical (unpaired) electrons. The zero-order valence-electron chi connectivity index (χ0n) is 25.0. The molecule has 2 N–H and O–H groups in total. The molecule has 4 rings (SSSR count). The quantitative estimate of drug-likeness (QED) is 0.400. The Morgan fingerprint density at radius 1 is 1.08 bits per heavy atom. The van der Waals surface area contributed by atoms with Crippen LogP contribution in [0.2, 0.25) is 0 Å². The van der Waals surface area contributed by atoms with Crippen LogP contribution < -0.4 is 10.9 Å². The molecule has 2 amide bonds. The third-order valence-corrected chi connectivity index (χ3v) is 7.93. The molecular formula is C29H45BN4O5. The van der Waals surface area contributed by atoms with Gasteiger partial charge in [0.05, 0.1) is 30.2 Å². The molecule has 1 aromatic heterocycles. The molecule has 1 aliphatic carbocycles. The molecule has 2 atom stereocenters. The monoisotopic (exact) mass is 540 g/mol. The Morgan fingerprint density at radius 2 is 1.67 bits per heavy atom. The van der Waals surface area contributed by atoms with E-state index < -0.39 is 13.2 Å². The predicted molar refractivity (Wildman–Crippen MR) is 153 cm³/mol. The fourth-order valence-corrected chi connectivity index (χ4v) is 4.99. The van der Waals surface area contributed by atoms with Crippen molar-refractivity contribution in [3.63, 3.8) is 0 Å². The average Bonchev–Trinajstić information content (AvgIpc) is 3.49. The zero-order valence-corrected chi connectivity index (χ0v) is 25.0. The summed E-state index contributed by atoms with van der Waals surface area (Å²) >= 11 is 0. The second kappa shape index (κ2) is 12.6. The smallest absolute Gasteiger partial charge is 0.452 e. The Hall–Kier alpha value is -2.85. The number of aromatic amines is 1. The standard InChI is InChI=1S/C27H39BN4O5.C2H6/c1-17(2)32(31-25(34)35-7)24(33)21-11-9-8-10-20(21)23-29-16-22(30-23)18-12-14-19(15-13-18)28-36-26(3,4)27(5,6)37-28;1-2/h12-17,20-21H,8-11H2,1-7H3,(H,29,30)(H,31,34);1-2H3. The largest absolute Gasteiger partial charge is 0.494 e. The van der Waals surface area contributed by atoms with Gasteiger partial charge < -0.3 is 19.0 Å². The Balaban J connectivity index is 0.00000205.